The molecule has 0 aliphatic carbocycles. The van der Waals surface area contributed by atoms with E-state index in [0.717, 1.165) is 11.0 Å². The second kappa shape index (κ2) is 10.3. The van der Waals surface area contributed by atoms with Gasteiger partial charge in [-0.2, -0.15) is 0 Å². The van der Waals surface area contributed by atoms with Crippen molar-refractivity contribution < 1.29 is 0 Å². The van der Waals surface area contributed by atoms with Crippen molar-refractivity contribution >= 4 is 74.7 Å². The van der Waals surface area contributed by atoms with Gasteiger partial charge in [0.05, 0.1) is 5.52 Å². The number of aryl methyl sites for hydroxylation is 3. The van der Waals surface area contributed by atoms with Gasteiger partial charge < -0.3 is 4.90 Å². The zero-order valence-corrected chi connectivity index (χ0v) is 29.7. The summed E-state index contributed by atoms with van der Waals surface area (Å²) in [6.07, 6.45) is 0. The Kier molecular flexibility index (Phi) is 5.81. The van der Waals surface area contributed by atoms with Crippen LogP contribution in [0, 0.1) is 20.8 Å². The SMILES string of the molecule is Cc1cc(C)c(-c2cc3c4c(c2)N2c5ccccc5[Si](c5ccccc5)(c5ccccc5)c5cccc(c52)B4n2nnc4cccc-3c42)c(C)c1. The van der Waals surface area contributed by atoms with E-state index < -0.39 is 8.07 Å². The molecule has 0 unspecified atom stereocenters. The predicted molar refractivity (Wildman–Crippen MR) is 215 cm³/mol. The lowest BCUT2D eigenvalue weighted by Gasteiger charge is -2.49. The minimum atomic E-state index is -2.80. The second-order valence-electron chi connectivity index (χ2n) is 14.4. The Morgan fingerprint density at radius 1 is 0.588 bits per heavy atom. The highest BCUT2D eigenvalue weighted by Gasteiger charge is 2.53. The molecule has 11 rings (SSSR count). The van der Waals surface area contributed by atoms with E-state index in [1.54, 1.807) is 0 Å². The molecule has 8 aromatic rings. The average Bonchev–Trinajstić information content (AvgIpc) is 3.59. The summed E-state index contributed by atoms with van der Waals surface area (Å²) in [5.74, 6) is 0. The Labute approximate surface area is 298 Å². The lowest BCUT2D eigenvalue weighted by Crippen LogP contribution is -2.78. The van der Waals surface area contributed by atoms with E-state index in [1.165, 1.54) is 87.7 Å². The van der Waals surface area contributed by atoms with Gasteiger partial charge in [-0.25, -0.2) is 0 Å². The molecule has 4 heterocycles. The fourth-order valence-corrected chi connectivity index (χ4v) is 15.1. The molecule has 0 saturated heterocycles. The summed E-state index contributed by atoms with van der Waals surface area (Å²) in [6.45, 7) is 6.59. The number of aromatic nitrogens is 3. The molecule has 3 aliphatic heterocycles. The lowest BCUT2D eigenvalue weighted by molar-refractivity contribution is 0.883. The maximum Gasteiger partial charge on any atom is 0.356 e. The van der Waals surface area contributed by atoms with Crippen LogP contribution in [0.5, 0.6) is 0 Å². The Morgan fingerprint density at radius 3 is 2.00 bits per heavy atom. The number of anilines is 3. The minimum Gasteiger partial charge on any atom is -0.312 e. The van der Waals surface area contributed by atoms with E-state index in [0.29, 0.717) is 0 Å². The summed E-state index contributed by atoms with van der Waals surface area (Å²) in [6, 6.07) is 54.9. The van der Waals surface area contributed by atoms with Gasteiger partial charge in [-0.1, -0.05) is 132 Å². The first kappa shape index (κ1) is 28.8. The number of para-hydroxylation sites is 3. The molecule has 4 nitrogen and oxygen atoms in total. The van der Waals surface area contributed by atoms with Crippen molar-refractivity contribution in [3.8, 4) is 22.3 Å². The van der Waals surface area contributed by atoms with Gasteiger partial charge in [-0.15, -0.1) is 5.10 Å². The van der Waals surface area contributed by atoms with Crippen LogP contribution in [0.15, 0.2) is 146 Å². The van der Waals surface area contributed by atoms with Crippen molar-refractivity contribution in [1.82, 2.24) is 14.9 Å². The van der Waals surface area contributed by atoms with Gasteiger partial charge in [-0.05, 0) is 105 Å². The van der Waals surface area contributed by atoms with E-state index >= 15 is 0 Å². The van der Waals surface area contributed by atoms with Gasteiger partial charge in [0.2, 0.25) is 0 Å². The van der Waals surface area contributed by atoms with Gasteiger partial charge in [0.1, 0.15) is 5.52 Å². The molecule has 0 amide bonds. The van der Waals surface area contributed by atoms with Crippen LogP contribution in [-0.4, -0.2) is 29.8 Å². The molecular weight excluding hydrogens is 635 g/mol. The van der Waals surface area contributed by atoms with Gasteiger partial charge in [0, 0.05) is 22.6 Å². The van der Waals surface area contributed by atoms with Gasteiger partial charge in [-0.3, -0.25) is 4.59 Å². The zero-order chi connectivity index (χ0) is 34.0. The number of rotatable bonds is 3. The molecule has 0 N–H and O–H groups in total. The van der Waals surface area contributed by atoms with E-state index in [2.05, 4.69) is 176 Å². The number of benzene rings is 7. The monoisotopic (exact) mass is 668 g/mol. The van der Waals surface area contributed by atoms with Crippen molar-refractivity contribution in [1.29, 1.82) is 0 Å². The highest BCUT2D eigenvalue weighted by molar-refractivity contribution is 7.21. The Bertz CT molecular complexity index is 2690. The standard InChI is InChI=1S/C45H33BN4Si/c1-28-24-29(2)42(30(3)25-28)31-26-35-34-18-12-20-37-44(34)50(48-47-37)46-36-19-13-23-41-45(36)49(39(27-31)43(35)46)38-21-10-11-22-40(38)51(41,32-14-6-4-7-15-32)33-16-8-5-9-17-33/h4-27H,1-3H3. The van der Waals surface area contributed by atoms with Crippen LogP contribution in [0.3, 0.4) is 0 Å². The molecular formula is C45H33BN4Si. The van der Waals surface area contributed by atoms with Gasteiger partial charge in [0.25, 0.3) is 0 Å². The van der Waals surface area contributed by atoms with E-state index in [9.17, 15) is 0 Å². The van der Waals surface area contributed by atoms with Crippen molar-refractivity contribution in [3.05, 3.63) is 162 Å². The Hall–Kier alpha value is -5.98. The Balaban J connectivity index is 1.33. The molecule has 6 heteroatoms. The topological polar surface area (TPSA) is 34.0 Å². The fraction of sp³-hybridized carbons (Fsp3) is 0.0667. The van der Waals surface area contributed by atoms with Crippen LogP contribution in [0.2, 0.25) is 0 Å². The molecule has 0 fully saturated rings. The normalized spacial score (nSPS) is 14.3. The molecule has 3 aliphatic rings. The molecule has 0 radical (unpaired) electrons. The average molecular weight is 669 g/mol. The van der Waals surface area contributed by atoms with Crippen molar-refractivity contribution in [3.63, 3.8) is 0 Å². The largest absolute Gasteiger partial charge is 0.356 e. The molecule has 240 valence electrons. The smallest absolute Gasteiger partial charge is 0.312 e. The van der Waals surface area contributed by atoms with Crippen LogP contribution < -0.4 is 36.6 Å². The fourth-order valence-electron chi connectivity index (χ4n) is 9.91. The molecule has 0 atom stereocenters. The van der Waals surface area contributed by atoms with E-state index in [-0.39, 0.29) is 6.85 Å². The molecule has 0 spiro atoms. The molecule has 51 heavy (non-hydrogen) atoms. The number of hydrogen-bond donors (Lipinski definition) is 0. The van der Waals surface area contributed by atoms with Crippen LogP contribution in [0.1, 0.15) is 16.7 Å². The summed E-state index contributed by atoms with van der Waals surface area (Å²) in [7, 11) is -2.80. The first-order valence-corrected chi connectivity index (χ1v) is 19.8. The summed E-state index contributed by atoms with van der Waals surface area (Å²) in [4.78, 5) is 2.61. The second-order valence-corrected chi connectivity index (χ2v) is 18.2. The maximum atomic E-state index is 4.92. The van der Waals surface area contributed by atoms with Crippen LogP contribution in [0.25, 0.3) is 33.3 Å². The third-order valence-corrected chi connectivity index (χ3v) is 16.5. The van der Waals surface area contributed by atoms with E-state index in [1.807, 2.05) is 0 Å². The molecule has 0 saturated carbocycles. The minimum absolute atomic E-state index is 0.112. The number of fused-ring (bicyclic) bond motifs is 6. The van der Waals surface area contributed by atoms with Crippen molar-refractivity contribution in [2.75, 3.05) is 4.90 Å². The first-order valence-electron chi connectivity index (χ1n) is 17.8. The lowest BCUT2D eigenvalue weighted by atomic mass is 9.45. The summed E-state index contributed by atoms with van der Waals surface area (Å²) in [5.41, 5.74) is 17.3. The molecule has 1 aromatic heterocycles. The highest BCUT2D eigenvalue weighted by Crippen LogP contribution is 2.46. The number of hydrogen-bond acceptors (Lipinski definition) is 3. The van der Waals surface area contributed by atoms with Crippen LogP contribution in [-0.2, 0) is 0 Å². The summed E-state index contributed by atoms with van der Waals surface area (Å²) < 4.78 is 2.21. The predicted octanol–water partition coefficient (Wildman–Crippen LogP) is 6.13. The van der Waals surface area contributed by atoms with Gasteiger partial charge in [0.15, 0.2) is 8.07 Å². The third-order valence-electron chi connectivity index (χ3n) is 11.6. The third kappa shape index (κ3) is 3.65. The summed E-state index contributed by atoms with van der Waals surface area (Å²) in [5, 5.41) is 15.3. The van der Waals surface area contributed by atoms with Crippen LogP contribution in [0.4, 0.5) is 17.1 Å². The van der Waals surface area contributed by atoms with E-state index in [4.69, 9.17) is 10.3 Å². The first-order chi connectivity index (χ1) is 25.1. The molecule has 0 bridgehead atoms. The quantitative estimate of drug-likeness (QED) is 0.213. The maximum absolute atomic E-state index is 4.92. The zero-order valence-electron chi connectivity index (χ0n) is 28.7. The molecule has 7 aromatic carbocycles. The number of nitrogens with zero attached hydrogens (tertiary/aromatic N) is 4. The highest BCUT2D eigenvalue weighted by atomic mass is 28.3. The van der Waals surface area contributed by atoms with Crippen molar-refractivity contribution in [2.45, 2.75) is 20.8 Å². The van der Waals surface area contributed by atoms with Gasteiger partial charge >= 0.3 is 6.85 Å². The Morgan fingerprint density at radius 2 is 1.25 bits per heavy atom. The summed E-state index contributed by atoms with van der Waals surface area (Å²) >= 11 is 0. The van der Waals surface area contributed by atoms with Crippen LogP contribution >= 0.6 is 0 Å². The van der Waals surface area contributed by atoms with Crippen molar-refractivity contribution in [2.24, 2.45) is 0 Å².